The lowest BCUT2D eigenvalue weighted by molar-refractivity contribution is 0.237. The summed E-state index contributed by atoms with van der Waals surface area (Å²) in [6.07, 6.45) is 0. The molecule has 0 aliphatic rings. The van der Waals surface area contributed by atoms with E-state index in [0.29, 0.717) is 12.6 Å². The molecule has 0 saturated heterocycles. The van der Waals surface area contributed by atoms with E-state index in [1.807, 2.05) is 0 Å². The molecule has 1 rings (SSSR count). The summed E-state index contributed by atoms with van der Waals surface area (Å²) in [6.45, 7) is 10.1. The minimum absolute atomic E-state index is 0. The highest BCUT2D eigenvalue weighted by molar-refractivity contribution is 14.0. The molecule has 0 atom stereocenters. The van der Waals surface area contributed by atoms with Gasteiger partial charge in [-0.3, -0.25) is 9.89 Å². The zero-order chi connectivity index (χ0) is 15.7. The summed E-state index contributed by atoms with van der Waals surface area (Å²) in [6, 6.07) is 7.02. The van der Waals surface area contributed by atoms with E-state index in [1.165, 1.54) is 12.1 Å². The molecule has 0 bridgehead atoms. The SMILES string of the molecule is CCN(CCNC(=NC)NCc1ccc(F)cc1)C(C)C.I. The Hall–Kier alpha value is -0.890. The maximum Gasteiger partial charge on any atom is 0.191 e. The first kappa shape index (κ1) is 21.1. The van der Waals surface area contributed by atoms with Gasteiger partial charge in [0.2, 0.25) is 0 Å². The van der Waals surface area contributed by atoms with Crippen molar-refractivity contribution in [2.24, 2.45) is 4.99 Å². The van der Waals surface area contributed by atoms with E-state index < -0.39 is 0 Å². The van der Waals surface area contributed by atoms with Crippen LogP contribution in [0.3, 0.4) is 0 Å². The number of hydrogen-bond donors (Lipinski definition) is 2. The first-order valence-corrected chi connectivity index (χ1v) is 7.49. The topological polar surface area (TPSA) is 39.7 Å². The number of likely N-dealkylation sites (N-methyl/N-ethyl adjacent to an activating group) is 1. The Morgan fingerprint density at radius 2 is 1.86 bits per heavy atom. The minimum Gasteiger partial charge on any atom is -0.355 e. The van der Waals surface area contributed by atoms with Gasteiger partial charge in [-0.2, -0.15) is 0 Å². The van der Waals surface area contributed by atoms with Crippen LogP contribution in [0.4, 0.5) is 4.39 Å². The summed E-state index contributed by atoms with van der Waals surface area (Å²) in [4.78, 5) is 6.58. The Balaban J connectivity index is 0.00000441. The van der Waals surface area contributed by atoms with Gasteiger partial charge in [-0.1, -0.05) is 19.1 Å². The Morgan fingerprint density at radius 3 is 2.36 bits per heavy atom. The van der Waals surface area contributed by atoms with E-state index in [9.17, 15) is 4.39 Å². The van der Waals surface area contributed by atoms with Crippen LogP contribution >= 0.6 is 24.0 Å². The molecule has 0 spiro atoms. The smallest absolute Gasteiger partial charge is 0.191 e. The van der Waals surface area contributed by atoms with Crippen LogP contribution in [0.2, 0.25) is 0 Å². The van der Waals surface area contributed by atoms with Crippen LogP contribution in [0.5, 0.6) is 0 Å². The van der Waals surface area contributed by atoms with Gasteiger partial charge < -0.3 is 10.6 Å². The average Bonchev–Trinajstić information content (AvgIpc) is 2.48. The highest BCUT2D eigenvalue weighted by atomic mass is 127. The maximum atomic E-state index is 12.8. The van der Waals surface area contributed by atoms with Crippen LogP contribution < -0.4 is 10.6 Å². The van der Waals surface area contributed by atoms with Gasteiger partial charge in [-0.25, -0.2) is 4.39 Å². The molecule has 0 fully saturated rings. The van der Waals surface area contributed by atoms with Crippen molar-refractivity contribution in [1.82, 2.24) is 15.5 Å². The third-order valence-corrected chi connectivity index (χ3v) is 3.42. The summed E-state index contributed by atoms with van der Waals surface area (Å²) in [5.41, 5.74) is 1.02. The summed E-state index contributed by atoms with van der Waals surface area (Å²) >= 11 is 0. The molecule has 126 valence electrons. The van der Waals surface area contributed by atoms with Crippen LogP contribution in [-0.2, 0) is 6.54 Å². The number of halogens is 2. The molecule has 0 amide bonds. The Morgan fingerprint density at radius 1 is 1.23 bits per heavy atom. The summed E-state index contributed by atoms with van der Waals surface area (Å²) in [5, 5.41) is 6.52. The van der Waals surface area contributed by atoms with E-state index in [1.54, 1.807) is 19.2 Å². The van der Waals surface area contributed by atoms with Crippen LogP contribution in [0.15, 0.2) is 29.3 Å². The predicted octanol–water partition coefficient (Wildman–Crippen LogP) is 2.84. The van der Waals surface area contributed by atoms with Crippen molar-refractivity contribution < 1.29 is 4.39 Å². The zero-order valence-electron chi connectivity index (χ0n) is 13.9. The molecule has 22 heavy (non-hydrogen) atoms. The fourth-order valence-electron chi connectivity index (χ4n) is 2.11. The van der Waals surface area contributed by atoms with Crippen molar-refractivity contribution in [1.29, 1.82) is 0 Å². The molecule has 1 aromatic rings. The molecule has 0 radical (unpaired) electrons. The molecule has 2 N–H and O–H groups in total. The Labute approximate surface area is 150 Å². The molecule has 0 aromatic heterocycles. The predicted molar refractivity (Wildman–Crippen MR) is 102 cm³/mol. The molecule has 4 nitrogen and oxygen atoms in total. The van der Waals surface area contributed by atoms with Crippen LogP contribution in [-0.4, -0.2) is 43.6 Å². The van der Waals surface area contributed by atoms with Crippen molar-refractivity contribution in [2.75, 3.05) is 26.7 Å². The van der Waals surface area contributed by atoms with Gasteiger partial charge >= 0.3 is 0 Å². The number of nitrogens with one attached hydrogen (secondary N) is 2. The van der Waals surface area contributed by atoms with Crippen LogP contribution in [0.1, 0.15) is 26.3 Å². The standard InChI is InChI=1S/C16H27FN4.HI/c1-5-21(13(2)3)11-10-19-16(18-4)20-12-14-6-8-15(17)9-7-14;/h6-9,13H,5,10-12H2,1-4H3,(H2,18,19,20);1H. The molecule has 6 heteroatoms. The zero-order valence-corrected chi connectivity index (χ0v) is 16.2. The molecular formula is C16H28FIN4. The average molecular weight is 422 g/mol. The molecule has 0 unspecified atom stereocenters. The molecule has 0 heterocycles. The van der Waals surface area contributed by atoms with Crippen molar-refractivity contribution >= 4 is 29.9 Å². The van der Waals surface area contributed by atoms with Crippen molar-refractivity contribution in [2.45, 2.75) is 33.4 Å². The molecule has 0 saturated carbocycles. The number of nitrogens with zero attached hydrogens (tertiary/aromatic N) is 2. The van der Waals surface area contributed by atoms with Crippen LogP contribution in [0, 0.1) is 5.82 Å². The van der Waals surface area contributed by atoms with Gasteiger partial charge in [0.05, 0.1) is 0 Å². The number of guanidine groups is 1. The summed E-state index contributed by atoms with van der Waals surface area (Å²) in [7, 11) is 1.75. The Bertz CT molecular complexity index is 434. The van der Waals surface area contributed by atoms with Gasteiger partial charge in [0.1, 0.15) is 5.82 Å². The monoisotopic (exact) mass is 422 g/mol. The summed E-state index contributed by atoms with van der Waals surface area (Å²) < 4.78 is 12.8. The van der Waals surface area contributed by atoms with E-state index in [4.69, 9.17) is 0 Å². The maximum absolute atomic E-state index is 12.8. The first-order valence-electron chi connectivity index (χ1n) is 7.49. The minimum atomic E-state index is -0.213. The van der Waals surface area contributed by atoms with Gasteiger partial charge in [-0.05, 0) is 38.1 Å². The fraction of sp³-hybridized carbons (Fsp3) is 0.562. The Kier molecular flexibility index (Phi) is 11.2. The van der Waals surface area contributed by atoms with E-state index in [0.717, 1.165) is 31.2 Å². The molecule has 0 aliphatic heterocycles. The van der Waals surface area contributed by atoms with E-state index >= 15 is 0 Å². The highest BCUT2D eigenvalue weighted by Crippen LogP contribution is 2.01. The lowest BCUT2D eigenvalue weighted by atomic mass is 10.2. The number of hydrogen-bond acceptors (Lipinski definition) is 2. The van der Waals surface area contributed by atoms with Crippen molar-refractivity contribution in [3.05, 3.63) is 35.6 Å². The number of rotatable bonds is 7. The quantitative estimate of drug-likeness (QED) is 0.404. The van der Waals surface area contributed by atoms with Gasteiger partial charge in [-0.15, -0.1) is 24.0 Å². The lowest BCUT2D eigenvalue weighted by Crippen LogP contribution is -2.42. The van der Waals surface area contributed by atoms with E-state index in [-0.39, 0.29) is 29.8 Å². The molecule has 1 aromatic carbocycles. The summed E-state index contributed by atoms with van der Waals surface area (Å²) in [5.74, 6) is 0.550. The van der Waals surface area contributed by atoms with Gasteiger partial charge in [0.25, 0.3) is 0 Å². The number of aliphatic imine (C=N–C) groups is 1. The van der Waals surface area contributed by atoms with E-state index in [2.05, 4.69) is 41.3 Å². The second kappa shape index (κ2) is 11.6. The van der Waals surface area contributed by atoms with Crippen LogP contribution in [0.25, 0.3) is 0 Å². The third-order valence-electron chi connectivity index (χ3n) is 3.42. The first-order chi connectivity index (χ1) is 10.1. The molecular weight excluding hydrogens is 394 g/mol. The van der Waals surface area contributed by atoms with Crippen molar-refractivity contribution in [3.63, 3.8) is 0 Å². The van der Waals surface area contributed by atoms with Gasteiger partial charge in [0, 0.05) is 32.7 Å². The van der Waals surface area contributed by atoms with Crippen molar-refractivity contribution in [3.8, 4) is 0 Å². The van der Waals surface area contributed by atoms with Gasteiger partial charge in [0.15, 0.2) is 5.96 Å². The third kappa shape index (κ3) is 7.93. The second-order valence-electron chi connectivity index (χ2n) is 5.20. The number of benzene rings is 1. The normalized spacial score (nSPS) is 11.5. The largest absolute Gasteiger partial charge is 0.355 e. The lowest BCUT2D eigenvalue weighted by Gasteiger charge is -2.25. The molecule has 0 aliphatic carbocycles. The fourth-order valence-corrected chi connectivity index (χ4v) is 2.11. The second-order valence-corrected chi connectivity index (χ2v) is 5.20. The highest BCUT2D eigenvalue weighted by Gasteiger charge is 2.06.